The van der Waals surface area contributed by atoms with Gasteiger partial charge >= 0.3 is 0 Å². The molecule has 2 nitrogen and oxygen atoms in total. The second kappa shape index (κ2) is 10.9. The molecule has 14 heavy (non-hydrogen) atoms. The van der Waals surface area contributed by atoms with Crippen LogP contribution in [-0.2, 0) is 4.74 Å². The molecule has 0 fully saturated rings. The van der Waals surface area contributed by atoms with Crippen molar-refractivity contribution in [2.24, 2.45) is 0 Å². The molecule has 1 heterocycles. The molecule has 1 aromatic rings. The molecule has 4 heteroatoms. The van der Waals surface area contributed by atoms with E-state index in [-0.39, 0.29) is 0 Å². The van der Waals surface area contributed by atoms with Gasteiger partial charge in [-0.25, -0.2) is 0 Å². The Morgan fingerprint density at radius 1 is 1.43 bits per heavy atom. The molecule has 0 radical (unpaired) electrons. The molecule has 0 atom stereocenters. The summed E-state index contributed by atoms with van der Waals surface area (Å²) in [6.45, 7) is 5.97. The van der Waals surface area contributed by atoms with E-state index in [9.17, 15) is 4.79 Å². The van der Waals surface area contributed by atoms with Gasteiger partial charge in [-0.05, 0) is 28.9 Å². The fourth-order valence-corrected chi connectivity index (χ4v) is 1.92. The highest BCUT2D eigenvalue weighted by Crippen LogP contribution is 2.24. The first-order valence-electron chi connectivity index (χ1n) is 4.27. The first-order chi connectivity index (χ1) is 6.65. The summed E-state index contributed by atoms with van der Waals surface area (Å²) in [6, 6.07) is 1.83. The van der Waals surface area contributed by atoms with E-state index in [1.807, 2.05) is 26.8 Å². The molecule has 1 aromatic heterocycles. The smallest absolute Gasteiger partial charge is 0.160 e. The number of halogens is 1. The van der Waals surface area contributed by atoms with Gasteiger partial charge in [0.05, 0.1) is 4.88 Å². The summed E-state index contributed by atoms with van der Waals surface area (Å²) in [6.07, 6.45) is 0.864. The van der Waals surface area contributed by atoms with Crippen molar-refractivity contribution in [2.75, 3.05) is 14.2 Å². The molecule has 0 saturated carbocycles. The van der Waals surface area contributed by atoms with Crippen LogP contribution < -0.4 is 0 Å². The topological polar surface area (TPSA) is 26.3 Å². The van der Waals surface area contributed by atoms with E-state index in [2.05, 4.69) is 20.7 Å². The predicted molar refractivity (Wildman–Crippen MR) is 66.4 cm³/mol. The van der Waals surface area contributed by atoms with Crippen molar-refractivity contribution in [3.8, 4) is 0 Å². The fraction of sp³-hybridized carbons (Fsp3) is 0.500. The van der Waals surface area contributed by atoms with E-state index in [0.29, 0.717) is 0 Å². The van der Waals surface area contributed by atoms with Crippen LogP contribution in [-0.4, -0.2) is 20.5 Å². The summed E-state index contributed by atoms with van der Waals surface area (Å²) in [5.74, 6) is 0. The molecule has 0 N–H and O–H groups in total. The Hall–Kier alpha value is -0.190. The van der Waals surface area contributed by atoms with Crippen LogP contribution in [0.5, 0.6) is 0 Å². The van der Waals surface area contributed by atoms with E-state index in [1.54, 1.807) is 14.2 Å². The van der Waals surface area contributed by atoms with Crippen molar-refractivity contribution < 1.29 is 9.53 Å². The van der Waals surface area contributed by atoms with E-state index >= 15 is 0 Å². The minimum Gasteiger partial charge on any atom is -0.388 e. The van der Waals surface area contributed by atoms with Gasteiger partial charge < -0.3 is 4.74 Å². The third-order valence-electron chi connectivity index (χ3n) is 0.992. The number of methoxy groups -OCH3 is 1. The van der Waals surface area contributed by atoms with Gasteiger partial charge in [0.25, 0.3) is 0 Å². The number of carbonyl (C=O) groups excluding carboxylic acids is 1. The number of aldehydes is 1. The molecule has 0 spiro atoms. The molecule has 0 aliphatic heterocycles. The number of ether oxygens (including phenoxy) is 1. The molecule has 0 aliphatic rings. The van der Waals surface area contributed by atoms with Crippen LogP contribution in [0.1, 0.15) is 28.4 Å². The SMILES string of the molecule is CC.COC.Cc1sc(C=O)cc1Br. The first-order valence-corrected chi connectivity index (χ1v) is 5.87. The monoisotopic (exact) mass is 280 g/mol. The van der Waals surface area contributed by atoms with E-state index in [1.165, 1.54) is 11.3 Å². The van der Waals surface area contributed by atoms with E-state index < -0.39 is 0 Å². The number of rotatable bonds is 1. The highest BCUT2D eigenvalue weighted by molar-refractivity contribution is 9.10. The number of aryl methyl sites for hydroxylation is 1. The van der Waals surface area contributed by atoms with Crippen LogP contribution in [0, 0.1) is 6.92 Å². The Morgan fingerprint density at radius 2 is 1.86 bits per heavy atom. The second-order valence-corrected chi connectivity index (χ2v) is 4.22. The molecule has 0 aliphatic carbocycles. The summed E-state index contributed by atoms with van der Waals surface area (Å²) >= 11 is 4.81. The molecule has 0 bridgehead atoms. The van der Waals surface area contributed by atoms with Crippen molar-refractivity contribution in [1.82, 2.24) is 0 Å². The quantitative estimate of drug-likeness (QED) is 0.729. The highest BCUT2D eigenvalue weighted by Gasteiger charge is 1.99. The van der Waals surface area contributed by atoms with Crippen molar-refractivity contribution in [1.29, 1.82) is 0 Å². The van der Waals surface area contributed by atoms with Crippen LogP contribution in [0.3, 0.4) is 0 Å². The van der Waals surface area contributed by atoms with Crippen molar-refractivity contribution in [2.45, 2.75) is 20.8 Å². The van der Waals surface area contributed by atoms with Crippen LogP contribution in [0.2, 0.25) is 0 Å². The van der Waals surface area contributed by atoms with Gasteiger partial charge in [-0.2, -0.15) is 0 Å². The molecule has 1 rings (SSSR count). The van der Waals surface area contributed by atoms with E-state index in [4.69, 9.17) is 0 Å². The van der Waals surface area contributed by atoms with Gasteiger partial charge in [0.15, 0.2) is 6.29 Å². The van der Waals surface area contributed by atoms with Crippen LogP contribution in [0.4, 0.5) is 0 Å². The number of thiophene rings is 1. The normalized spacial score (nSPS) is 7.86. The molecular weight excluding hydrogens is 264 g/mol. The van der Waals surface area contributed by atoms with Crippen molar-refractivity contribution in [3.63, 3.8) is 0 Å². The maximum atomic E-state index is 10.2. The zero-order valence-electron chi connectivity index (χ0n) is 9.26. The van der Waals surface area contributed by atoms with Gasteiger partial charge in [0.2, 0.25) is 0 Å². The fourth-order valence-electron chi connectivity index (χ4n) is 0.540. The lowest BCUT2D eigenvalue weighted by Crippen LogP contribution is -1.62. The largest absolute Gasteiger partial charge is 0.388 e. The van der Waals surface area contributed by atoms with Crippen molar-refractivity contribution >= 4 is 33.6 Å². The summed E-state index contributed by atoms with van der Waals surface area (Å²) in [5, 5.41) is 0. The minimum absolute atomic E-state index is 0.777. The summed E-state index contributed by atoms with van der Waals surface area (Å²) in [7, 11) is 3.25. The number of hydrogen-bond acceptors (Lipinski definition) is 3. The summed E-state index contributed by atoms with van der Waals surface area (Å²) in [5.41, 5.74) is 0. The first kappa shape index (κ1) is 16.2. The lowest BCUT2D eigenvalue weighted by atomic mass is 10.4. The zero-order chi connectivity index (χ0) is 11.6. The maximum Gasteiger partial charge on any atom is 0.160 e. The zero-order valence-corrected chi connectivity index (χ0v) is 11.7. The van der Waals surface area contributed by atoms with Gasteiger partial charge in [-0.15, -0.1) is 11.3 Å². The Morgan fingerprint density at radius 3 is 2.00 bits per heavy atom. The molecule has 0 amide bonds. The lowest BCUT2D eigenvalue weighted by Gasteiger charge is -1.77. The standard InChI is InChI=1S/C6H5BrOS.C2H6O.C2H6/c1-4-6(7)2-5(3-8)9-4;1-3-2;1-2/h2-3H,1H3;1-2H3;1-2H3. The predicted octanol–water partition coefficient (Wildman–Crippen LogP) is 3.92. The van der Waals surface area contributed by atoms with Gasteiger partial charge in [0, 0.05) is 23.6 Å². The summed E-state index contributed by atoms with van der Waals surface area (Å²) in [4.78, 5) is 12.1. The highest BCUT2D eigenvalue weighted by atomic mass is 79.9. The Balaban J connectivity index is 0. The molecular formula is C10H17BrO2S. The van der Waals surface area contributed by atoms with Crippen molar-refractivity contribution in [3.05, 3.63) is 20.3 Å². The van der Waals surface area contributed by atoms with Crippen LogP contribution in [0.25, 0.3) is 0 Å². The Kier molecular flexibility index (Phi) is 12.6. The lowest BCUT2D eigenvalue weighted by molar-refractivity contribution is 0.112. The Bertz CT molecular complexity index is 227. The van der Waals surface area contributed by atoms with Gasteiger partial charge in [0.1, 0.15) is 0 Å². The maximum absolute atomic E-state index is 10.2. The third-order valence-corrected chi connectivity index (χ3v) is 3.05. The van der Waals surface area contributed by atoms with Crippen LogP contribution in [0.15, 0.2) is 10.5 Å². The molecule has 82 valence electrons. The summed E-state index contributed by atoms with van der Waals surface area (Å²) < 4.78 is 5.27. The van der Waals surface area contributed by atoms with Gasteiger partial charge in [-0.1, -0.05) is 13.8 Å². The average Bonchev–Trinajstić information content (AvgIpc) is 2.51. The molecule has 0 aromatic carbocycles. The number of carbonyl (C=O) groups is 1. The Labute approximate surface area is 98.4 Å². The van der Waals surface area contributed by atoms with Crippen LogP contribution >= 0.6 is 27.3 Å². The second-order valence-electron chi connectivity index (χ2n) is 2.08. The van der Waals surface area contributed by atoms with E-state index in [0.717, 1.165) is 20.5 Å². The third kappa shape index (κ3) is 7.24. The number of hydrogen-bond donors (Lipinski definition) is 0. The average molecular weight is 281 g/mol. The molecule has 0 unspecified atom stereocenters. The molecule has 0 saturated heterocycles. The van der Waals surface area contributed by atoms with Gasteiger partial charge in [-0.3, -0.25) is 4.79 Å². The minimum atomic E-state index is 0.777.